The van der Waals surface area contributed by atoms with Gasteiger partial charge >= 0.3 is 0 Å². The lowest BCUT2D eigenvalue weighted by molar-refractivity contribution is -0.183. The molecule has 0 saturated heterocycles. The van der Waals surface area contributed by atoms with E-state index in [1.165, 1.54) is 19.3 Å². The van der Waals surface area contributed by atoms with Crippen molar-refractivity contribution in [3.8, 4) is 0 Å². The van der Waals surface area contributed by atoms with Crippen LogP contribution in [0.4, 0.5) is 0 Å². The van der Waals surface area contributed by atoms with Gasteiger partial charge in [-0.05, 0) is 18.2 Å². The van der Waals surface area contributed by atoms with Crippen molar-refractivity contribution in [3.63, 3.8) is 0 Å². The third-order valence-electron chi connectivity index (χ3n) is 1.49. The molecule has 0 fully saturated rings. The number of aliphatic hydroxyl groups excluding tert-OH is 1. The van der Waals surface area contributed by atoms with Gasteiger partial charge in [0.1, 0.15) is 11.9 Å². The topological polar surface area (TPSA) is 69.9 Å². The molecule has 1 aliphatic carbocycles. The number of ether oxygens (including phenoxy) is 1. The fourth-order valence-corrected chi connectivity index (χ4v) is 0.878. The van der Waals surface area contributed by atoms with Gasteiger partial charge in [-0.1, -0.05) is 0 Å². The van der Waals surface area contributed by atoms with Crippen molar-refractivity contribution < 1.29 is 20.1 Å². The Morgan fingerprint density at radius 2 is 2.18 bits per heavy atom. The maximum atomic E-state index is 9.14. The average molecular weight is 158 g/mol. The van der Waals surface area contributed by atoms with Crippen LogP contribution in [0.25, 0.3) is 0 Å². The number of aliphatic hydroxyl groups is 3. The third-order valence-corrected chi connectivity index (χ3v) is 1.49. The number of allylic oxidation sites excluding steroid dienone is 1. The molecule has 11 heavy (non-hydrogen) atoms. The first kappa shape index (κ1) is 8.26. The van der Waals surface area contributed by atoms with E-state index < -0.39 is 11.9 Å². The molecular weight excluding hydrogens is 148 g/mol. The number of methoxy groups -OCH3 is 1. The number of hydrogen-bond acceptors (Lipinski definition) is 4. The molecule has 3 N–H and O–H groups in total. The lowest BCUT2D eigenvalue weighted by atomic mass is 10.0. The summed E-state index contributed by atoms with van der Waals surface area (Å²) < 4.78 is 4.69. The largest absolute Gasteiger partial charge is 0.508 e. The van der Waals surface area contributed by atoms with Gasteiger partial charge in [-0.2, -0.15) is 0 Å². The highest BCUT2D eigenvalue weighted by Gasteiger charge is 2.33. The predicted octanol–water partition coefficient (Wildman–Crippen LogP) is -0.306. The minimum Gasteiger partial charge on any atom is -0.508 e. The van der Waals surface area contributed by atoms with Gasteiger partial charge in [0, 0.05) is 7.11 Å². The van der Waals surface area contributed by atoms with Gasteiger partial charge in [-0.3, -0.25) is 0 Å². The monoisotopic (exact) mass is 158 g/mol. The highest BCUT2D eigenvalue weighted by Crippen LogP contribution is 2.19. The minimum absolute atomic E-state index is 0.0319. The van der Waals surface area contributed by atoms with Crippen LogP contribution in [-0.4, -0.2) is 34.3 Å². The molecule has 0 aromatic rings. The molecule has 1 unspecified atom stereocenters. The Hall–Kier alpha value is -0.840. The predicted molar refractivity (Wildman–Crippen MR) is 37.8 cm³/mol. The molecule has 62 valence electrons. The first-order chi connectivity index (χ1) is 5.06. The SMILES string of the molecule is COC1C=C(O)C=CC1(O)O. The molecule has 4 nitrogen and oxygen atoms in total. The fourth-order valence-electron chi connectivity index (χ4n) is 0.878. The summed E-state index contributed by atoms with van der Waals surface area (Å²) >= 11 is 0. The van der Waals surface area contributed by atoms with Gasteiger partial charge in [-0.25, -0.2) is 0 Å². The van der Waals surface area contributed by atoms with E-state index in [1.54, 1.807) is 0 Å². The molecule has 0 aromatic heterocycles. The molecule has 1 aliphatic rings. The third kappa shape index (κ3) is 1.59. The van der Waals surface area contributed by atoms with E-state index >= 15 is 0 Å². The first-order valence-corrected chi connectivity index (χ1v) is 3.14. The van der Waals surface area contributed by atoms with Crippen LogP contribution >= 0.6 is 0 Å². The second-order valence-electron chi connectivity index (χ2n) is 2.36. The molecule has 0 aliphatic heterocycles. The molecule has 0 radical (unpaired) electrons. The van der Waals surface area contributed by atoms with Gasteiger partial charge in [0.15, 0.2) is 0 Å². The Morgan fingerprint density at radius 1 is 1.55 bits per heavy atom. The molecule has 0 heterocycles. The molecular formula is C7H10O4. The summed E-state index contributed by atoms with van der Waals surface area (Å²) in [7, 11) is 1.33. The molecule has 1 rings (SSSR count). The van der Waals surface area contributed by atoms with Crippen molar-refractivity contribution in [1.29, 1.82) is 0 Å². The van der Waals surface area contributed by atoms with E-state index in [2.05, 4.69) is 4.74 Å². The van der Waals surface area contributed by atoms with E-state index in [0.29, 0.717) is 0 Å². The normalized spacial score (nSPS) is 28.3. The lowest BCUT2D eigenvalue weighted by Crippen LogP contribution is -2.41. The second-order valence-corrected chi connectivity index (χ2v) is 2.36. The van der Waals surface area contributed by atoms with Gasteiger partial charge in [0.2, 0.25) is 5.79 Å². The quantitative estimate of drug-likeness (QED) is 0.458. The van der Waals surface area contributed by atoms with Gasteiger partial charge in [0.05, 0.1) is 0 Å². The molecule has 0 bridgehead atoms. The zero-order chi connectivity index (χ0) is 8.48. The summed E-state index contributed by atoms with van der Waals surface area (Å²) in [6, 6.07) is 0. The fraction of sp³-hybridized carbons (Fsp3) is 0.429. The van der Waals surface area contributed by atoms with Crippen molar-refractivity contribution in [2.75, 3.05) is 7.11 Å². The molecule has 0 spiro atoms. The summed E-state index contributed by atoms with van der Waals surface area (Å²) in [5.41, 5.74) is 0. The highest BCUT2D eigenvalue weighted by atomic mass is 16.6. The second kappa shape index (κ2) is 2.65. The van der Waals surface area contributed by atoms with E-state index in [0.717, 1.165) is 6.08 Å². The summed E-state index contributed by atoms with van der Waals surface area (Å²) in [5, 5.41) is 27.2. The van der Waals surface area contributed by atoms with E-state index in [1.807, 2.05) is 0 Å². The summed E-state index contributed by atoms with van der Waals surface area (Å²) in [4.78, 5) is 0. The van der Waals surface area contributed by atoms with Crippen LogP contribution in [0.1, 0.15) is 0 Å². The van der Waals surface area contributed by atoms with E-state index in [9.17, 15) is 0 Å². The van der Waals surface area contributed by atoms with Gasteiger partial charge in [0.25, 0.3) is 0 Å². The van der Waals surface area contributed by atoms with Gasteiger partial charge in [-0.15, -0.1) is 0 Å². The molecule has 4 heteroatoms. The number of hydrogen-bond donors (Lipinski definition) is 3. The highest BCUT2D eigenvalue weighted by molar-refractivity contribution is 5.23. The van der Waals surface area contributed by atoms with Crippen LogP contribution in [0.3, 0.4) is 0 Å². The van der Waals surface area contributed by atoms with Crippen molar-refractivity contribution in [3.05, 3.63) is 24.0 Å². The van der Waals surface area contributed by atoms with E-state index in [-0.39, 0.29) is 5.76 Å². The van der Waals surface area contributed by atoms with Crippen molar-refractivity contribution in [2.24, 2.45) is 0 Å². The summed E-state index contributed by atoms with van der Waals surface area (Å²) in [5.74, 6) is -2.04. The zero-order valence-corrected chi connectivity index (χ0v) is 6.06. The van der Waals surface area contributed by atoms with Crippen molar-refractivity contribution in [1.82, 2.24) is 0 Å². The maximum Gasteiger partial charge on any atom is 0.214 e. The Labute approximate surface area is 64.0 Å². The number of rotatable bonds is 1. The van der Waals surface area contributed by atoms with Crippen LogP contribution in [-0.2, 0) is 4.74 Å². The molecule has 1 atom stereocenters. The zero-order valence-electron chi connectivity index (χ0n) is 6.06. The van der Waals surface area contributed by atoms with Crippen LogP contribution in [0, 0.1) is 0 Å². The van der Waals surface area contributed by atoms with Crippen molar-refractivity contribution in [2.45, 2.75) is 11.9 Å². The Morgan fingerprint density at radius 3 is 2.64 bits per heavy atom. The van der Waals surface area contributed by atoms with Crippen LogP contribution in [0.5, 0.6) is 0 Å². The average Bonchev–Trinajstić information content (AvgIpc) is 1.94. The Kier molecular flexibility index (Phi) is 1.99. The van der Waals surface area contributed by atoms with Crippen molar-refractivity contribution >= 4 is 0 Å². The summed E-state index contributed by atoms with van der Waals surface area (Å²) in [6.45, 7) is 0. The van der Waals surface area contributed by atoms with Crippen LogP contribution < -0.4 is 0 Å². The Balaban J connectivity index is 2.84. The standard InChI is InChI=1S/C7H10O4/c1-11-6-4-5(8)2-3-7(6,9)10/h2-4,6,8-10H,1H3. The van der Waals surface area contributed by atoms with Gasteiger partial charge < -0.3 is 20.1 Å². The maximum absolute atomic E-state index is 9.14. The van der Waals surface area contributed by atoms with Crippen LogP contribution in [0.15, 0.2) is 24.0 Å². The smallest absolute Gasteiger partial charge is 0.214 e. The lowest BCUT2D eigenvalue weighted by Gasteiger charge is -2.27. The molecule has 0 saturated carbocycles. The molecule has 0 aromatic carbocycles. The Bertz CT molecular complexity index is 204. The van der Waals surface area contributed by atoms with Crippen LogP contribution in [0.2, 0.25) is 0 Å². The molecule has 0 amide bonds. The first-order valence-electron chi connectivity index (χ1n) is 3.14. The minimum atomic E-state index is -2.01. The van der Waals surface area contributed by atoms with E-state index in [4.69, 9.17) is 15.3 Å². The summed E-state index contributed by atoms with van der Waals surface area (Å²) in [6.07, 6.45) is 2.58.